The molecule has 2 heterocycles. The molecule has 25 heavy (non-hydrogen) atoms. The fourth-order valence-corrected chi connectivity index (χ4v) is 2.39. The lowest BCUT2D eigenvalue weighted by molar-refractivity contribution is 0.0921. The summed E-state index contributed by atoms with van der Waals surface area (Å²) in [5.41, 5.74) is 1.98. The number of fused-ring (bicyclic) bond motifs is 1. The zero-order valence-electron chi connectivity index (χ0n) is 13.6. The van der Waals surface area contributed by atoms with E-state index in [-0.39, 0.29) is 24.5 Å². The summed E-state index contributed by atoms with van der Waals surface area (Å²) in [4.78, 5) is 28.8. The fraction of sp³-hybridized carbons (Fsp3) is 0.167. The number of rotatable bonds is 5. The quantitative estimate of drug-likeness (QED) is 0.660. The Labute approximate surface area is 144 Å². The summed E-state index contributed by atoms with van der Waals surface area (Å²) in [6.45, 7) is 1.56. The average molecular weight is 338 g/mol. The molecule has 0 fully saturated rings. The third kappa shape index (κ3) is 3.67. The molecule has 3 aromatic rings. The van der Waals surface area contributed by atoms with Gasteiger partial charge in [0, 0.05) is 23.5 Å². The van der Waals surface area contributed by atoms with E-state index in [4.69, 9.17) is 5.11 Å². The van der Waals surface area contributed by atoms with Gasteiger partial charge in [0.25, 0.3) is 11.8 Å². The smallest absolute Gasteiger partial charge is 0.274 e. The number of benzene rings is 1. The number of aliphatic hydroxyl groups is 1. The van der Waals surface area contributed by atoms with E-state index in [0.29, 0.717) is 22.6 Å². The Balaban J connectivity index is 1.78. The van der Waals surface area contributed by atoms with Crippen LogP contribution in [0.3, 0.4) is 0 Å². The number of amides is 2. The highest BCUT2D eigenvalue weighted by molar-refractivity contribution is 6.04. The molecule has 0 spiro atoms. The van der Waals surface area contributed by atoms with Crippen molar-refractivity contribution >= 4 is 23.1 Å². The topological polar surface area (TPSA) is 95.7 Å². The summed E-state index contributed by atoms with van der Waals surface area (Å²) in [5.74, 6) is -0.632. The van der Waals surface area contributed by atoms with Gasteiger partial charge in [-0.25, -0.2) is 4.98 Å². The van der Waals surface area contributed by atoms with E-state index in [1.54, 1.807) is 41.8 Å². The normalized spacial score (nSPS) is 11.9. The molecule has 1 unspecified atom stereocenters. The van der Waals surface area contributed by atoms with Crippen molar-refractivity contribution in [3.8, 4) is 0 Å². The summed E-state index contributed by atoms with van der Waals surface area (Å²) in [7, 11) is 0. The highest BCUT2D eigenvalue weighted by Crippen LogP contribution is 2.13. The fourth-order valence-electron chi connectivity index (χ4n) is 2.39. The minimum atomic E-state index is -0.344. The van der Waals surface area contributed by atoms with Crippen LogP contribution in [0.1, 0.15) is 27.8 Å². The van der Waals surface area contributed by atoms with Crippen LogP contribution >= 0.6 is 0 Å². The van der Waals surface area contributed by atoms with Gasteiger partial charge in [-0.2, -0.15) is 0 Å². The maximum Gasteiger partial charge on any atom is 0.274 e. The molecule has 0 aliphatic heterocycles. The molecule has 2 amide bonds. The Bertz CT molecular complexity index is 919. The van der Waals surface area contributed by atoms with Gasteiger partial charge < -0.3 is 15.7 Å². The van der Waals surface area contributed by atoms with E-state index in [1.807, 2.05) is 18.2 Å². The lowest BCUT2D eigenvalue weighted by Gasteiger charge is -2.11. The summed E-state index contributed by atoms with van der Waals surface area (Å²) in [6, 6.07) is 11.7. The van der Waals surface area contributed by atoms with E-state index >= 15 is 0 Å². The molecular formula is C18H18N4O3. The number of hydrogen-bond acceptors (Lipinski definition) is 4. The van der Waals surface area contributed by atoms with Gasteiger partial charge in [-0.15, -0.1) is 0 Å². The SMILES string of the molecule is CC(CO)NC(=O)c1cccc(NC(=O)c2cnc3ccccn23)c1. The molecule has 1 aromatic carbocycles. The van der Waals surface area contributed by atoms with Crippen LogP contribution in [0.5, 0.6) is 0 Å². The van der Waals surface area contributed by atoms with Gasteiger partial charge >= 0.3 is 0 Å². The van der Waals surface area contributed by atoms with E-state index < -0.39 is 0 Å². The van der Waals surface area contributed by atoms with Gasteiger partial charge in [0.05, 0.1) is 12.8 Å². The summed E-state index contributed by atoms with van der Waals surface area (Å²) in [5, 5.41) is 14.4. The molecule has 0 aliphatic rings. The summed E-state index contributed by atoms with van der Waals surface area (Å²) >= 11 is 0. The van der Waals surface area contributed by atoms with Crippen LogP contribution < -0.4 is 10.6 Å². The van der Waals surface area contributed by atoms with Crippen molar-refractivity contribution in [1.82, 2.24) is 14.7 Å². The van der Waals surface area contributed by atoms with Crippen LogP contribution in [0.2, 0.25) is 0 Å². The minimum Gasteiger partial charge on any atom is -0.394 e. The number of nitrogens with zero attached hydrogens (tertiary/aromatic N) is 2. The Morgan fingerprint density at radius 1 is 1.20 bits per heavy atom. The van der Waals surface area contributed by atoms with Crippen LogP contribution in [0, 0.1) is 0 Å². The predicted octanol–water partition coefficient (Wildman–Crippen LogP) is 1.70. The second-order valence-corrected chi connectivity index (χ2v) is 5.66. The highest BCUT2D eigenvalue weighted by atomic mass is 16.3. The Morgan fingerprint density at radius 3 is 2.84 bits per heavy atom. The molecule has 0 radical (unpaired) electrons. The molecule has 7 nitrogen and oxygen atoms in total. The van der Waals surface area contributed by atoms with Crippen LogP contribution in [0.25, 0.3) is 5.65 Å². The van der Waals surface area contributed by atoms with E-state index in [1.165, 1.54) is 6.20 Å². The molecule has 0 bridgehead atoms. The molecule has 0 aliphatic carbocycles. The molecule has 128 valence electrons. The number of hydrogen-bond donors (Lipinski definition) is 3. The highest BCUT2D eigenvalue weighted by Gasteiger charge is 2.14. The monoisotopic (exact) mass is 338 g/mol. The first-order valence-corrected chi connectivity index (χ1v) is 7.83. The van der Waals surface area contributed by atoms with Crippen molar-refractivity contribution in [3.63, 3.8) is 0 Å². The first-order valence-electron chi connectivity index (χ1n) is 7.83. The van der Waals surface area contributed by atoms with Crippen molar-refractivity contribution in [2.24, 2.45) is 0 Å². The lowest BCUT2D eigenvalue weighted by Crippen LogP contribution is -2.35. The Hall–Kier alpha value is -3.19. The number of anilines is 1. The summed E-state index contributed by atoms with van der Waals surface area (Å²) in [6.07, 6.45) is 3.27. The zero-order chi connectivity index (χ0) is 17.8. The molecule has 0 saturated carbocycles. The lowest BCUT2D eigenvalue weighted by atomic mass is 10.1. The number of carbonyl (C=O) groups excluding carboxylic acids is 2. The molecule has 3 rings (SSSR count). The second kappa shape index (κ2) is 7.14. The van der Waals surface area contributed by atoms with Gasteiger partial charge in [-0.05, 0) is 37.3 Å². The van der Waals surface area contributed by atoms with Gasteiger partial charge in [0.1, 0.15) is 11.3 Å². The molecule has 2 aromatic heterocycles. The number of carbonyl (C=O) groups is 2. The van der Waals surface area contributed by atoms with Crippen molar-refractivity contribution < 1.29 is 14.7 Å². The maximum absolute atomic E-state index is 12.5. The number of imidazole rings is 1. The van der Waals surface area contributed by atoms with Crippen LogP contribution in [0.15, 0.2) is 54.9 Å². The van der Waals surface area contributed by atoms with Crippen LogP contribution in [-0.4, -0.2) is 39.0 Å². The third-order valence-corrected chi connectivity index (χ3v) is 3.68. The number of aromatic nitrogens is 2. The van der Waals surface area contributed by atoms with E-state index in [9.17, 15) is 9.59 Å². The van der Waals surface area contributed by atoms with Gasteiger partial charge in [-0.3, -0.25) is 14.0 Å². The summed E-state index contributed by atoms with van der Waals surface area (Å²) < 4.78 is 1.69. The standard InChI is InChI=1S/C18H18N4O3/c1-12(11-23)20-17(24)13-5-4-6-14(9-13)21-18(25)15-10-19-16-7-2-3-8-22(15)16/h2-10,12,23H,11H2,1H3,(H,20,24)(H,21,25). The number of nitrogens with one attached hydrogen (secondary N) is 2. The second-order valence-electron chi connectivity index (χ2n) is 5.66. The van der Waals surface area contributed by atoms with Crippen molar-refractivity contribution in [1.29, 1.82) is 0 Å². The first-order chi connectivity index (χ1) is 12.1. The maximum atomic E-state index is 12.5. The van der Waals surface area contributed by atoms with Gasteiger partial charge in [0.15, 0.2) is 0 Å². The molecule has 1 atom stereocenters. The van der Waals surface area contributed by atoms with Crippen molar-refractivity contribution in [2.45, 2.75) is 13.0 Å². The third-order valence-electron chi connectivity index (χ3n) is 3.68. The van der Waals surface area contributed by atoms with Crippen molar-refractivity contribution in [2.75, 3.05) is 11.9 Å². The molecule has 7 heteroatoms. The van der Waals surface area contributed by atoms with Crippen LogP contribution in [0.4, 0.5) is 5.69 Å². The molecule has 3 N–H and O–H groups in total. The van der Waals surface area contributed by atoms with Crippen molar-refractivity contribution in [3.05, 3.63) is 66.1 Å². The van der Waals surface area contributed by atoms with Crippen LogP contribution in [-0.2, 0) is 0 Å². The predicted molar refractivity (Wildman–Crippen MR) is 93.6 cm³/mol. The number of pyridine rings is 1. The van der Waals surface area contributed by atoms with Gasteiger partial charge in [0.2, 0.25) is 0 Å². The average Bonchev–Trinajstić information content (AvgIpc) is 3.06. The molecule has 0 saturated heterocycles. The molecular weight excluding hydrogens is 320 g/mol. The van der Waals surface area contributed by atoms with E-state index in [2.05, 4.69) is 15.6 Å². The number of aliphatic hydroxyl groups excluding tert-OH is 1. The van der Waals surface area contributed by atoms with E-state index in [0.717, 1.165) is 0 Å². The largest absolute Gasteiger partial charge is 0.394 e. The first kappa shape index (κ1) is 16.7. The zero-order valence-corrected chi connectivity index (χ0v) is 13.6. The van der Waals surface area contributed by atoms with Gasteiger partial charge in [-0.1, -0.05) is 12.1 Å². The Kier molecular flexibility index (Phi) is 4.76. The Morgan fingerprint density at radius 2 is 2.04 bits per heavy atom. The minimum absolute atomic E-state index is 0.142.